The second-order valence-corrected chi connectivity index (χ2v) is 8.97. The first-order chi connectivity index (χ1) is 16.5. The Labute approximate surface area is 215 Å². The van der Waals surface area contributed by atoms with E-state index in [9.17, 15) is 4.79 Å². The zero-order chi connectivity index (χ0) is 24.2. The van der Waals surface area contributed by atoms with Crippen molar-refractivity contribution >= 4 is 55.8 Å². The minimum atomic E-state index is -0.154. The van der Waals surface area contributed by atoms with E-state index in [1.54, 1.807) is 19.1 Å². The number of hydrogen-bond acceptors (Lipinski definition) is 7. The maximum absolute atomic E-state index is 14.2. The van der Waals surface area contributed by atoms with E-state index in [1.165, 1.54) is 11.3 Å². The molecular weight excluding hydrogens is 486 g/mol. The molecule has 4 aromatic rings. The highest BCUT2D eigenvalue weighted by atomic mass is 35.5. The Morgan fingerprint density at radius 1 is 0.943 bits per heavy atom. The smallest absolute Gasteiger partial charge is 0.264 e. The molecule has 1 aromatic heterocycles. The van der Waals surface area contributed by atoms with Gasteiger partial charge in [0.05, 0.1) is 26.4 Å². The Balaban J connectivity index is 0.00000342. The van der Waals surface area contributed by atoms with Crippen molar-refractivity contribution in [1.82, 2.24) is 9.88 Å². The van der Waals surface area contributed by atoms with Crippen LogP contribution in [0.25, 0.3) is 21.0 Å². The number of halogens is 1. The average Bonchev–Trinajstić information content (AvgIpc) is 3.28. The van der Waals surface area contributed by atoms with Crippen LogP contribution in [0.1, 0.15) is 17.3 Å². The van der Waals surface area contributed by atoms with Gasteiger partial charge in [0.25, 0.3) is 5.91 Å². The minimum Gasteiger partial charge on any atom is -0.495 e. The van der Waals surface area contributed by atoms with Gasteiger partial charge in [0, 0.05) is 13.1 Å². The Hall–Kier alpha value is -3.07. The minimum absolute atomic E-state index is 0. The standard InChI is InChI=1S/C26H29N3O4S.ClH/c1-6-33-19-12-11-17-9-7-8-10-18(17)22(19)25(30)29(16-15-28(2)3)26-27-23-20(31-4)13-14-21(32-5)24(23)34-26;/h7-14H,6,15-16H2,1-5H3;1H. The average molecular weight is 516 g/mol. The predicted molar refractivity (Wildman–Crippen MR) is 145 cm³/mol. The number of benzene rings is 3. The van der Waals surface area contributed by atoms with Crippen LogP contribution in [0.15, 0.2) is 48.5 Å². The van der Waals surface area contributed by atoms with Gasteiger partial charge in [-0.1, -0.05) is 41.7 Å². The lowest BCUT2D eigenvalue weighted by Gasteiger charge is -2.24. The quantitative estimate of drug-likeness (QED) is 0.293. The second-order valence-electron chi connectivity index (χ2n) is 8.00. The van der Waals surface area contributed by atoms with Crippen LogP contribution in [0.4, 0.5) is 5.13 Å². The van der Waals surface area contributed by atoms with Gasteiger partial charge in [0.2, 0.25) is 0 Å². The first kappa shape index (κ1) is 26.5. The van der Waals surface area contributed by atoms with Crippen molar-refractivity contribution in [1.29, 1.82) is 0 Å². The number of carbonyl (C=O) groups excluding carboxylic acids is 1. The Morgan fingerprint density at radius 2 is 1.63 bits per heavy atom. The van der Waals surface area contributed by atoms with E-state index in [0.717, 1.165) is 15.5 Å². The van der Waals surface area contributed by atoms with Gasteiger partial charge in [0.15, 0.2) is 5.13 Å². The molecule has 1 amide bonds. The van der Waals surface area contributed by atoms with Crippen LogP contribution in [0.3, 0.4) is 0 Å². The predicted octanol–water partition coefficient (Wildman–Crippen LogP) is 5.50. The topological polar surface area (TPSA) is 64.1 Å². The molecule has 0 aliphatic carbocycles. The van der Waals surface area contributed by atoms with Crippen LogP contribution in [0.5, 0.6) is 17.2 Å². The van der Waals surface area contributed by atoms with E-state index in [1.807, 2.05) is 74.4 Å². The third-order valence-corrected chi connectivity index (χ3v) is 6.64. The SMILES string of the molecule is CCOc1ccc2ccccc2c1C(=O)N(CCN(C)C)c1nc2c(OC)ccc(OC)c2s1.Cl. The molecule has 4 rings (SSSR count). The molecule has 0 aliphatic heterocycles. The maximum Gasteiger partial charge on any atom is 0.264 e. The molecule has 7 nitrogen and oxygen atoms in total. The number of ether oxygens (including phenoxy) is 3. The van der Waals surface area contributed by atoms with Gasteiger partial charge >= 0.3 is 0 Å². The van der Waals surface area contributed by atoms with Crippen LogP contribution in [-0.4, -0.2) is 63.8 Å². The summed E-state index contributed by atoms with van der Waals surface area (Å²) < 4.78 is 17.8. The van der Waals surface area contributed by atoms with Crippen LogP contribution in [0, 0.1) is 0 Å². The first-order valence-corrected chi connectivity index (χ1v) is 11.9. The number of aromatic nitrogens is 1. The van der Waals surface area contributed by atoms with Gasteiger partial charge in [0.1, 0.15) is 27.5 Å². The van der Waals surface area contributed by atoms with Crippen molar-refractivity contribution in [2.45, 2.75) is 6.92 Å². The van der Waals surface area contributed by atoms with Gasteiger partial charge in [-0.15, -0.1) is 12.4 Å². The zero-order valence-corrected chi connectivity index (χ0v) is 22.2. The van der Waals surface area contributed by atoms with Crippen LogP contribution in [-0.2, 0) is 0 Å². The molecule has 0 N–H and O–H groups in total. The Bertz CT molecular complexity index is 1280. The van der Waals surface area contributed by atoms with E-state index in [2.05, 4.69) is 0 Å². The fraction of sp³-hybridized carbons (Fsp3) is 0.308. The first-order valence-electron chi connectivity index (χ1n) is 11.1. The molecular formula is C26H30ClN3O4S. The number of amides is 1. The molecule has 35 heavy (non-hydrogen) atoms. The second kappa shape index (κ2) is 11.6. The number of rotatable bonds is 9. The van der Waals surface area contributed by atoms with Crippen molar-refractivity contribution in [3.05, 3.63) is 54.1 Å². The third kappa shape index (κ3) is 5.29. The van der Waals surface area contributed by atoms with Crippen molar-refractivity contribution in [2.75, 3.05) is 52.9 Å². The van der Waals surface area contributed by atoms with Gasteiger partial charge in [-0.05, 0) is 50.0 Å². The van der Waals surface area contributed by atoms with Crippen molar-refractivity contribution in [3.63, 3.8) is 0 Å². The van der Waals surface area contributed by atoms with E-state index in [-0.39, 0.29) is 18.3 Å². The normalized spacial score (nSPS) is 10.9. The molecule has 0 atom stereocenters. The third-order valence-electron chi connectivity index (χ3n) is 5.55. The summed E-state index contributed by atoms with van der Waals surface area (Å²) in [6.45, 7) is 3.51. The van der Waals surface area contributed by atoms with E-state index in [0.29, 0.717) is 53.2 Å². The van der Waals surface area contributed by atoms with Gasteiger partial charge in [-0.2, -0.15) is 0 Å². The fourth-order valence-corrected chi connectivity index (χ4v) is 4.96. The highest BCUT2D eigenvalue weighted by molar-refractivity contribution is 7.22. The fourth-order valence-electron chi connectivity index (χ4n) is 3.86. The Morgan fingerprint density at radius 3 is 2.31 bits per heavy atom. The number of methoxy groups -OCH3 is 2. The van der Waals surface area contributed by atoms with E-state index < -0.39 is 0 Å². The summed E-state index contributed by atoms with van der Waals surface area (Å²) in [5, 5.41) is 2.42. The molecule has 0 bridgehead atoms. The molecule has 0 fully saturated rings. The molecule has 3 aromatic carbocycles. The lowest BCUT2D eigenvalue weighted by molar-refractivity contribution is 0.0983. The summed E-state index contributed by atoms with van der Waals surface area (Å²) in [4.78, 5) is 22.8. The van der Waals surface area contributed by atoms with Crippen LogP contribution >= 0.6 is 23.7 Å². The van der Waals surface area contributed by atoms with Crippen LogP contribution in [0.2, 0.25) is 0 Å². The summed E-state index contributed by atoms with van der Waals surface area (Å²) in [7, 11) is 7.20. The lowest BCUT2D eigenvalue weighted by atomic mass is 10.0. The lowest BCUT2D eigenvalue weighted by Crippen LogP contribution is -2.37. The van der Waals surface area contributed by atoms with Crippen molar-refractivity contribution in [3.8, 4) is 17.2 Å². The summed E-state index contributed by atoms with van der Waals surface area (Å²) in [6.07, 6.45) is 0. The number of fused-ring (bicyclic) bond motifs is 2. The molecule has 0 aliphatic rings. The van der Waals surface area contributed by atoms with Gasteiger partial charge < -0.3 is 19.1 Å². The molecule has 9 heteroatoms. The monoisotopic (exact) mass is 515 g/mol. The molecule has 0 saturated carbocycles. The zero-order valence-electron chi connectivity index (χ0n) is 20.5. The van der Waals surface area contributed by atoms with Crippen LogP contribution < -0.4 is 19.1 Å². The summed E-state index contributed by atoms with van der Waals surface area (Å²) in [5.41, 5.74) is 1.21. The number of hydrogen-bond donors (Lipinski definition) is 0. The van der Waals surface area contributed by atoms with Gasteiger partial charge in [-0.25, -0.2) is 4.98 Å². The van der Waals surface area contributed by atoms with Gasteiger partial charge in [-0.3, -0.25) is 9.69 Å². The Kier molecular flexibility index (Phi) is 8.77. The van der Waals surface area contributed by atoms with Crippen molar-refractivity contribution in [2.24, 2.45) is 0 Å². The summed E-state index contributed by atoms with van der Waals surface area (Å²) in [6, 6.07) is 15.4. The number of anilines is 1. The summed E-state index contributed by atoms with van der Waals surface area (Å²) in [5.74, 6) is 1.75. The highest BCUT2D eigenvalue weighted by Gasteiger charge is 2.27. The number of thiazole rings is 1. The summed E-state index contributed by atoms with van der Waals surface area (Å²) >= 11 is 1.42. The highest BCUT2D eigenvalue weighted by Crippen LogP contribution is 2.41. The van der Waals surface area contributed by atoms with Crippen molar-refractivity contribution < 1.29 is 19.0 Å². The van der Waals surface area contributed by atoms with E-state index >= 15 is 0 Å². The number of nitrogens with zero attached hydrogens (tertiary/aromatic N) is 3. The molecule has 0 spiro atoms. The molecule has 0 saturated heterocycles. The molecule has 0 radical (unpaired) electrons. The maximum atomic E-state index is 14.2. The number of carbonyl (C=O) groups is 1. The molecule has 0 unspecified atom stereocenters. The molecule has 1 heterocycles. The number of likely N-dealkylation sites (N-methyl/N-ethyl adjacent to an activating group) is 1. The largest absolute Gasteiger partial charge is 0.495 e. The van der Waals surface area contributed by atoms with E-state index in [4.69, 9.17) is 19.2 Å². The molecule has 186 valence electrons.